The highest BCUT2D eigenvalue weighted by molar-refractivity contribution is 5.81. The third kappa shape index (κ3) is 3.83. The average molecular weight is 291 g/mol. The molecule has 0 spiro atoms. The molecule has 1 aliphatic carbocycles. The maximum Gasteiger partial charge on any atom is 0.331 e. The maximum atomic E-state index is 11.9. The lowest BCUT2D eigenvalue weighted by Gasteiger charge is -2.31. The summed E-state index contributed by atoms with van der Waals surface area (Å²) < 4.78 is 5.81. The van der Waals surface area contributed by atoms with Gasteiger partial charge in [0.1, 0.15) is 0 Å². The molecule has 0 saturated heterocycles. The summed E-state index contributed by atoms with van der Waals surface area (Å²) in [5, 5.41) is 12.9. The zero-order valence-electron chi connectivity index (χ0n) is 12.7. The molecule has 1 saturated carbocycles. The second kappa shape index (κ2) is 7.57. The Hall–Kier alpha value is -1.39. The Labute approximate surface area is 126 Å². The Morgan fingerprint density at radius 1 is 1.33 bits per heavy atom. The first-order valence-corrected chi connectivity index (χ1v) is 7.80. The number of carbonyl (C=O) groups is 1. The summed E-state index contributed by atoms with van der Waals surface area (Å²) in [6.07, 6.45) is 4.94. The summed E-state index contributed by atoms with van der Waals surface area (Å²) >= 11 is 0. The molecule has 1 atom stereocenters. The van der Waals surface area contributed by atoms with Gasteiger partial charge in [-0.1, -0.05) is 50.1 Å². The zero-order valence-corrected chi connectivity index (χ0v) is 12.7. The van der Waals surface area contributed by atoms with E-state index in [9.17, 15) is 9.90 Å². The predicted molar refractivity (Wildman–Crippen MR) is 82.2 cm³/mol. The van der Waals surface area contributed by atoms with Gasteiger partial charge in [-0.2, -0.15) is 0 Å². The van der Waals surface area contributed by atoms with Crippen LogP contribution in [0.1, 0.15) is 38.2 Å². The van der Waals surface area contributed by atoms with Gasteiger partial charge in [0, 0.05) is 6.61 Å². The molecule has 1 fully saturated rings. The van der Waals surface area contributed by atoms with Crippen LogP contribution < -0.4 is 5.32 Å². The van der Waals surface area contributed by atoms with Crippen LogP contribution in [0.3, 0.4) is 0 Å². The third-order valence-corrected chi connectivity index (χ3v) is 4.26. The van der Waals surface area contributed by atoms with Crippen molar-refractivity contribution in [3.63, 3.8) is 0 Å². The van der Waals surface area contributed by atoms with Crippen molar-refractivity contribution in [3.05, 3.63) is 35.9 Å². The Kier molecular flexibility index (Phi) is 5.76. The second-order valence-electron chi connectivity index (χ2n) is 5.77. The summed E-state index contributed by atoms with van der Waals surface area (Å²) in [6, 6.07) is 9.30. The Balaban J connectivity index is 2.09. The first-order chi connectivity index (χ1) is 10.2. The van der Waals surface area contributed by atoms with Crippen molar-refractivity contribution in [1.29, 1.82) is 0 Å². The smallest absolute Gasteiger partial charge is 0.331 e. The number of carboxylic acid groups (broad SMARTS) is 1. The molecule has 1 aliphatic rings. The van der Waals surface area contributed by atoms with Gasteiger partial charge in [0.15, 0.2) is 5.54 Å². The molecule has 1 unspecified atom stereocenters. The van der Waals surface area contributed by atoms with Crippen molar-refractivity contribution < 1.29 is 14.6 Å². The standard InChI is InChI=1S/C17H25NO3/c1-2-18-17(16(19)20,15-10-4-3-5-11-15)13-21-12-14-8-6-7-9-14/h3-5,10-11,14,18H,2,6-9,12-13H2,1H3,(H,19,20). The summed E-state index contributed by atoms with van der Waals surface area (Å²) in [6.45, 7) is 3.32. The highest BCUT2D eigenvalue weighted by Gasteiger charge is 2.40. The molecule has 2 rings (SSSR count). The van der Waals surface area contributed by atoms with Crippen LogP contribution >= 0.6 is 0 Å². The van der Waals surface area contributed by atoms with E-state index in [1.54, 1.807) is 0 Å². The summed E-state index contributed by atoms with van der Waals surface area (Å²) in [5.41, 5.74) is -0.417. The van der Waals surface area contributed by atoms with Crippen LogP contribution in [0, 0.1) is 5.92 Å². The van der Waals surface area contributed by atoms with E-state index in [1.807, 2.05) is 37.3 Å². The number of benzene rings is 1. The Morgan fingerprint density at radius 2 is 2.00 bits per heavy atom. The van der Waals surface area contributed by atoms with Crippen molar-refractivity contribution >= 4 is 5.97 Å². The van der Waals surface area contributed by atoms with E-state index in [4.69, 9.17) is 4.74 Å². The van der Waals surface area contributed by atoms with Gasteiger partial charge < -0.3 is 9.84 Å². The van der Waals surface area contributed by atoms with Crippen LogP contribution in [0.15, 0.2) is 30.3 Å². The van der Waals surface area contributed by atoms with Gasteiger partial charge in [-0.25, -0.2) is 4.79 Å². The lowest BCUT2D eigenvalue weighted by atomic mass is 9.90. The number of carboxylic acids is 1. The van der Waals surface area contributed by atoms with E-state index in [-0.39, 0.29) is 6.61 Å². The second-order valence-corrected chi connectivity index (χ2v) is 5.77. The Bertz CT molecular complexity index is 443. The van der Waals surface area contributed by atoms with Gasteiger partial charge >= 0.3 is 5.97 Å². The normalized spacial score (nSPS) is 18.5. The molecular weight excluding hydrogens is 266 g/mol. The van der Waals surface area contributed by atoms with Crippen molar-refractivity contribution in [3.8, 4) is 0 Å². The van der Waals surface area contributed by atoms with Gasteiger partial charge in [0.05, 0.1) is 6.61 Å². The molecule has 4 nitrogen and oxygen atoms in total. The highest BCUT2D eigenvalue weighted by atomic mass is 16.5. The van der Waals surface area contributed by atoms with E-state index in [2.05, 4.69) is 5.32 Å². The third-order valence-electron chi connectivity index (χ3n) is 4.26. The monoisotopic (exact) mass is 291 g/mol. The van der Waals surface area contributed by atoms with Crippen LogP contribution in [0.4, 0.5) is 0 Å². The van der Waals surface area contributed by atoms with Crippen LogP contribution in [-0.2, 0) is 15.1 Å². The lowest BCUT2D eigenvalue weighted by molar-refractivity contribution is -0.148. The van der Waals surface area contributed by atoms with E-state index in [0.29, 0.717) is 19.1 Å². The van der Waals surface area contributed by atoms with Crippen LogP contribution in [0.5, 0.6) is 0 Å². The van der Waals surface area contributed by atoms with Crippen molar-refractivity contribution in [1.82, 2.24) is 5.32 Å². The number of nitrogens with one attached hydrogen (secondary N) is 1. The molecule has 0 aromatic heterocycles. The number of ether oxygens (including phenoxy) is 1. The largest absolute Gasteiger partial charge is 0.480 e. The van der Waals surface area contributed by atoms with Crippen molar-refractivity contribution in [2.24, 2.45) is 5.92 Å². The summed E-state index contributed by atoms with van der Waals surface area (Å²) in [7, 11) is 0. The number of aliphatic carboxylic acids is 1. The maximum absolute atomic E-state index is 11.9. The fourth-order valence-corrected chi connectivity index (χ4v) is 3.08. The fraction of sp³-hybridized carbons (Fsp3) is 0.588. The molecule has 21 heavy (non-hydrogen) atoms. The quantitative estimate of drug-likeness (QED) is 0.773. The van der Waals surface area contributed by atoms with Gasteiger partial charge in [0.25, 0.3) is 0 Å². The van der Waals surface area contributed by atoms with Crippen LogP contribution in [-0.4, -0.2) is 30.8 Å². The van der Waals surface area contributed by atoms with Crippen LogP contribution in [0.25, 0.3) is 0 Å². The minimum atomic E-state index is -1.16. The molecule has 0 radical (unpaired) electrons. The minimum absolute atomic E-state index is 0.163. The van der Waals surface area contributed by atoms with Crippen molar-refractivity contribution in [2.45, 2.75) is 38.1 Å². The first-order valence-electron chi connectivity index (χ1n) is 7.80. The molecule has 4 heteroatoms. The number of hydrogen-bond donors (Lipinski definition) is 2. The lowest BCUT2D eigenvalue weighted by Crippen LogP contribution is -2.53. The minimum Gasteiger partial charge on any atom is -0.480 e. The average Bonchev–Trinajstić information content (AvgIpc) is 3.00. The molecule has 0 aliphatic heterocycles. The van der Waals surface area contributed by atoms with E-state index < -0.39 is 11.5 Å². The summed E-state index contributed by atoms with van der Waals surface area (Å²) in [5.74, 6) is -0.295. The highest BCUT2D eigenvalue weighted by Crippen LogP contribution is 2.27. The molecule has 0 bridgehead atoms. The fourth-order valence-electron chi connectivity index (χ4n) is 3.08. The van der Waals surface area contributed by atoms with E-state index in [1.165, 1.54) is 25.7 Å². The zero-order chi connectivity index (χ0) is 15.1. The molecule has 1 aromatic carbocycles. The number of likely N-dealkylation sites (N-methyl/N-ethyl adjacent to an activating group) is 1. The molecule has 1 aromatic rings. The molecule has 116 valence electrons. The van der Waals surface area contributed by atoms with Crippen LogP contribution in [0.2, 0.25) is 0 Å². The van der Waals surface area contributed by atoms with Gasteiger partial charge in [-0.15, -0.1) is 0 Å². The van der Waals surface area contributed by atoms with Crippen molar-refractivity contribution in [2.75, 3.05) is 19.8 Å². The van der Waals surface area contributed by atoms with Gasteiger partial charge in [-0.05, 0) is 30.9 Å². The molecule has 2 N–H and O–H groups in total. The first kappa shape index (κ1) is 16.0. The van der Waals surface area contributed by atoms with Gasteiger partial charge in [-0.3, -0.25) is 5.32 Å². The van der Waals surface area contributed by atoms with E-state index >= 15 is 0 Å². The van der Waals surface area contributed by atoms with E-state index in [0.717, 1.165) is 5.56 Å². The Morgan fingerprint density at radius 3 is 2.57 bits per heavy atom. The number of hydrogen-bond acceptors (Lipinski definition) is 3. The molecule has 0 heterocycles. The predicted octanol–water partition coefficient (Wildman–Crippen LogP) is 2.78. The van der Waals surface area contributed by atoms with Gasteiger partial charge in [0.2, 0.25) is 0 Å². The SMILES string of the molecule is CCNC(COCC1CCCC1)(C(=O)O)c1ccccc1. The molecular formula is C17H25NO3. The number of rotatable bonds is 8. The topological polar surface area (TPSA) is 58.6 Å². The summed E-state index contributed by atoms with van der Waals surface area (Å²) in [4.78, 5) is 11.9. The molecule has 0 amide bonds.